The molecule has 1 aliphatic rings. The van der Waals surface area contributed by atoms with Crippen molar-refractivity contribution in [1.29, 1.82) is 0 Å². The van der Waals surface area contributed by atoms with E-state index in [4.69, 9.17) is 9.97 Å². The Morgan fingerprint density at radius 1 is 0.358 bits per heavy atom. The first-order chi connectivity index (χ1) is 26.0. The molecule has 10 rings (SSSR count). The molecule has 0 bridgehead atoms. The van der Waals surface area contributed by atoms with Gasteiger partial charge in [0.15, 0.2) is 5.82 Å². The second-order valence-electron chi connectivity index (χ2n) is 14.5. The summed E-state index contributed by atoms with van der Waals surface area (Å²) in [6.07, 6.45) is 0. The summed E-state index contributed by atoms with van der Waals surface area (Å²) in [7, 11) is 0. The molecule has 0 unspecified atom stereocenters. The minimum absolute atomic E-state index is 0.118. The third-order valence-corrected chi connectivity index (χ3v) is 11.1. The van der Waals surface area contributed by atoms with Crippen LogP contribution < -0.4 is 0 Å². The second kappa shape index (κ2) is 12.3. The predicted octanol–water partition coefficient (Wildman–Crippen LogP) is 13.4. The van der Waals surface area contributed by atoms with E-state index in [1.54, 1.807) is 0 Å². The van der Waals surface area contributed by atoms with Gasteiger partial charge in [-0.15, -0.1) is 0 Å². The molecule has 0 radical (unpaired) electrons. The van der Waals surface area contributed by atoms with Crippen LogP contribution in [-0.2, 0) is 5.41 Å². The number of rotatable bonds is 5. The number of aromatic nitrogens is 2. The van der Waals surface area contributed by atoms with Crippen LogP contribution in [0.3, 0.4) is 0 Å². The van der Waals surface area contributed by atoms with Crippen LogP contribution in [0.15, 0.2) is 182 Å². The van der Waals surface area contributed by atoms with Crippen LogP contribution in [0, 0.1) is 0 Å². The third-order valence-electron chi connectivity index (χ3n) is 11.1. The summed E-state index contributed by atoms with van der Waals surface area (Å²) in [6, 6.07) is 65.4. The molecule has 0 aliphatic heterocycles. The summed E-state index contributed by atoms with van der Waals surface area (Å²) >= 11 is 0. The zero-order valence-electron chi connectivity index (χ0n) is 29.7. The Bertz CT molecular complexity index is 2870. The largest absolute Gasteiger partial charge is 0.228 e. The molecule has 0 N–H and O–H groups in total. The Hall–Kier alpha value is -6.64. The van der Waals surface area contributed by atoms with E-state index < -0.39 is 0 Å². The molecule has 0 spiro atoms. The molecule has 1 heterocycles. The van der Waals surface area contributed by atoms with Gasteiger partial charge in [0.2, 0.25) is 0 Å². The minimum atomic E-state index is -0.118. The minimum Gasteiger partial charge on any atom is -0.228 e. The Morgan fingerprint density at radius 2 is 0.925 bits per heavy atom. The van der Waals surface area contributed by atoms with E-state index in [2.05, 4.69) is 190 Å². The summed E-state index contributed by atoms with van der Waals surface area (Å²) in [5.74, 6) is 0.708. The van der Waals surface area contributed by atoms with Crippen LogP contribution in [0.25, 0.3) is 88.8 Å². The maximum Gasteiger partial charge on any atom is 0.160 e. The molecule has 250 valence electrons. The van der Waals surface area contributed by atoms with E-state index in [0.717, 1.165) is 39.2 Å². The SMILES string of the molecule is CC1(C)c2ccccc2-c2cccc(-c3ccc(-c4cc(-c5ccccc5-c5ccc6ccccc6c5)nc(-c5ccccc5)n4)c4ccccc34)c21. The molecule has 1 aliphatic carbocycles. The molecule has 0 saturated heterocycles. The molecule has 9 aromatic rings. The number of hydrogen-bond donors (Lipinski definition) is 0. The normalized spacial score (nSPS) is 12.9. The van der Waals surface area contributed by atoms with E-state index in [1.807, 2.05) is 6.07 Å². The summed E-state index contributed by atoms with van der Waals surface area (Å²) < 4.78 is 0. The quantitative estimate of drug-likeness (QED) is 0.181. The zero-order chi connectivity index (χ0) is 35.5. The van der Waals surface area contributed by atoms with Gasteiger partial charge in [0.05, 0.1) is 11.4 Å². The fraction of sp³-hybridized carbons (Fsp3) is 0.0588. The Kier molecular flexibility index (Phi) is 7.19. The molecule has 2 nitrogen and oxygen atoms in total. The van der Waals surface area contributed by atoms with Crippen molar-refractivity contribution in [2.75, 3.05) is 0 Å². The van der Waals surface area contributed by atoms with Gasteiger partial charge in [-0.1, -0.05) is 184 Å². The maximum absolute atomic E-state index is 5.29. The van der Waals surface area contributed by atoms with E-state index in [9.17, 15) is 0 Å². The van der Waals surface area contributed by atoms with Crippen molar-refractivity contribution in [2.24, 2.45) is 0 Å². The highest BCUT2D eigenvalue weighted by molar-refractivity contribution is 6.06. The summed E-state index contributed by atoms with van der Waals surface area (Å²) in [5.41, 5.74) is 15.1. The lowest BCUT2D eigenvalue weighted by Crippen LogP contribution is -2.16. The first-order valence-corrected chi connectivity index (χ1v) is 18.3. The summed E-state index contributed by atoms with van der Waals surface area (Å²) in [5, 5.41) is 4.83. The van der Waals surface area contributed by atoms with Crippen molar-refractivity contribution in [2.45, 2.75) is 19.3 Å². The summed E-state index contributed by atoms with van der Waals surface area (Å²) in [6.45, 7) is 4.72. The topological polar surface area (TPSA) is 25.8 Å². The average molecular weight is 677 g/mol. The van der Waals surface area contributed by atoms with Crippen LogP contribution in [0.1, 0.15) is 25.0 Å². The summed E-state index contributed by atoms with van der Waals surface area (Å²) in [4.78, 5) is 10.5. The van der Waals surface area contributed by atoms with Crippen molar-refractivity contribution in [3.63, 3.8) is 0 Å². The van der Waals surface area contributed by atoms with Gasteiger partial charge in [-0.05, 0) is 78.2 Å². The highest BCUT2D eigenvalue weighted by atomic mass is 14.9. The van der Waals surface area contributed by atoms with Gasteiger partial charge < -0.3 is 0 Å². The smallest absolute Gasteiger partial charge is 0.160 e. The van der Waals surface area contributed by atoms with Crippen molar-refractivity contribution in [3.05, 3.63) is 193 Å². The number of fused-ring (bicyclic) bond motifs is 5. The monoisotopic (exact) mass is 676 g/mol. The molecule has 0 amide bonds. The Labute approximate surface area is 310 Å². The third kappa shape index (κ3) is 5.10. The van der Waals surface area contributed by atoms with Gasteiger partial charge in [0.25, 0.3) is 0 Å². The fourth-order valence-electron chi connectivity index (χ4n) is 8.58. The molecular formula is C51H36N2. The first-order valence-electron chi connectivity index (χ1n) is 18.3. The van der Waals surface area contributed by atoms with Crippen LogP contribution in [0.2, 0.25) is 0 Å². The fourth-order valence-corrected chi connectivity index (χ4v) is 8.58. The van der Waals surface area contributed by atoms with Gasteiger partial charge in [-0.3, -0.25) is 0 Å². The van der Waals surface area contributed by atoms with Gasteiger partial charge >= 0.3 is 0 Å². The van der Waals surface area contributed by atoms with Crippen LogP contribution in [-0.4, -0.2) is 9.97 Å². The number of hydrogen-bond acceptors (Lipinski definition) is 2. The highest BCUT2D eigenvalue weighted by Gasteiger charge is 2.37. The maximum atomic E-state index is 5.29. The van der Waals surface area contributed by atoms with Gasteiger partial charge in [-0.25, -0.2) is 9.97 Å². The molecule has 8 aromatic carbocycles. The Balaban J connectivity index is 1.17. The van der Waals surface area contributed by atoms with Crippen LogP contribution in [0.5, 0.6) is 0 Å². The number of nitrogens with zero attached hydrogens (tertiary/aromatic N) is 2. The molecule has 1 aromatic heterocycles. The van der Waals surface area contributed by atoms with Crippen LogP contribution >= 0.6 is 0 Å². The van der Waals surface area contributed by atoms with Gasteiger partial charge in [0, 0.05) is 22.1 Å². The van der Waals surface area contributed by atoms with Crippen molar-refractivity contribution < 1.29 is 0 Å². The standard InChI is InChI=1S/C51H36N2/c1-51(2)46-26-13-12-22-41(46)45-25-14-24-44(49(45)51)40-29-30-43(39-21-10-9-20-38(39)40)48-32-47(52-50(53-48)34-16-4-3-5-17-34)42-23-11-8-19-37(42)36-28-27-33-15-6-7-18-35(33)31-36/h3-32H,1-2H3. The van der Waals surface area contributed by atoms with E-state index >= 15 is 0 Å². The second-order valence-corrected chi connectivity index (χ2v) is 14.5. The van der Waals surface area contributed by atoms with E-state index in [1.165, 1.54) is 54.9 Å². The zero-order valence-corrected chi connectivity index (χ0v) is 29.7. The lowest BCUT2D eigenvalue weighted by Gasteiger charge is -2.25. The van der Waals surface area contributed by atoms with Gasteiger partial charge in [0.1, 0.15) is 0 Å². The van der Waals surface area contributed by atoms with Crippen molar-refractivity contribution in [1.82, 2.24) is 9.97 Å². The van der Waals surface area contributed by atoms with E-state index in [0.29, 0.717) is 5.82 Å². The molecular weight excluding hydrogens is 641 g/mol. The molecule has 0 atom stereocenters. The first kappa shape index (κ1) is 31.1. The molecule has 0 saturated carbocycles. The molecule has 53 heavy (non-hydrogen) atoms. The van der Waals surface area contributed by atoms with Crippen molar-refractivity contribution >= 4 is 21.5 Å². The van der Waals surface area contributed by atoms with Crippen LogP contribution in [0.4, 0.5) is 0 Å². The van der Waals surface area contributed by atoms with E-state index in [-0.39, 0.29) is 5.41 Å². The molecule has 2 heteroatoms. The predicted molar refractivity (Wildman–Crippen MR) is 222 cm³/mol. The lowest BCUT2D eigenvalue weighted by molar-refractivity contribution is 0.662. The number of benzene rings is 8. The Morgan fingerprint density at radius 3 is 1.72 bits per heavy atom. The van der Waals surface area contributed by atoms with Crippen molar-refractivity contribution in [3.8, 4) is 67.3 Å². The lowest BCUT2D eigenvalue weighted by atomic mass is 9.78. The van der Waals surface area contributed by atoms with Gasteiger partial charge in [-0.2, -0.15) is 0 Å². The molecule has 0 fully saturated rings. The average Bonchev–Trinajstić information content (AvgIpc) is 3.46. The highest BCUT2D eigenvalue weighted by Crippen LogP contribution is 2.53.